The van der Waals surface area contributed by atoms with Crippen LogP contribution in [-0.4, -0.2) is 30.4 Å². The highest BCUT2D eigenvalue weighted by molar-refractivity contribution is 5.76. The predicted molar refractivity (Wildman–Crippen MR) is 82.6 cm³/mol. The third-order valence-electron chi connectivity index (χ3n) is 3.31. The first-order valence-electron chi connectivity index (χ1n) is 7.43. The number of hydrogen-bond donors (Lipinski definition) is 0. The fourth-order valence-corrected chi connectivity index (χ4v) is 2.09. The normalized spacial score (nSPS) is 9.82. The van der Waals surface area contributed by atoms with E-state index < -0.39 is 0 Å². The maximum atomic E-state index is 12.3. The number of carbonyl (C=O) groups is 2. The number of ether oxygens (including phenoxy) is 1. The van der Waals surface area contributed by atoms with Crippen molar-refractivity contribution < 1.29 is 14.3 Å². The second-order valence-corrected chi connectivity index (χ2v) is 4.99. The van der Waals surface area contributed by atoms with Crippen molar-refractivity contribution in [3.8, 4) is 6.07 Å². The number of amides is 1. The number of rotatable bonds is 9. The molecular weight excluding hydrogens is 280 g/mol. The lowest BCUT2D eigenvalue weighted by Gasteiger charge is -2.21. The third kappa shape index (κ3) is 6.89. The Kier molecular flexibility index (Phi) is 8.36. The summed E-state index contributed by atoms with van der Waals surface area (Å²) in [6, 6.07) is 11.8. The minimum atomic E-state index is -0.252. The van der Waals surface area contributed by atoms with E-state index in [0.29, 0.717) is 45.2 Å². The molecule has 1 amide bonds. The molecule has 1 aromatic carbocycles. The second kappa shape index (κ2) is 10.4. The molecule has 0 aliphatic carbocycles. The van der Waals surface area contributed by atoms with Crippen LogP contribution in [0.15, 0.2) is 30.3 Å². The largest absolute Gasteiger partial charge is 0.469 e. The van der Waals surface area contributed by atoms with E-state index in [-0.39, 0.29) is 11.9 Å². The molecule has 0 unspecified atom stereocenters. The summed E-state index contributed by atoms with van der Waals surface area (Å²) >= 11 is 0. The highest BCUT2D eigenvalue weighted by atomic mass is 16.5. The van der Waals surface area contributed by atoms with Crippen molar-refractivity contribution in [2.75, 3.05) is 13.7 Å². The van der Waals surface area contributed by atoms with Crippen molar-refractivity contribution in [1.29, 1.82) is 5.26 Å². The van der Waals surface area contributed by atoms with E-state index in [4.69, 9.17) is 5.26 Å². The van der Waals surface area contributed by atoms with Crippen molar-refractivity contribution in [3.63, 3.8) is 0 Å². The van der Waals surface area contributed by atoms with E-state index in [1.807, 2.05) is 30.3 Å². The number of unbranched alkanes of at least 4 members (excludes halogenated alkanes) is 1. The molecule has 0 aliphatic rings. The average molecular weight is 302 g/mol. The van der Waals surface area contributed by atoms with Gasteiger partial charge in [0, 0.05) is 25.9 Å². The van der Waals surface area contributed by atoms with Crippen LogP contribution < -0.4 is 0 Å². The number of nitrogens with zero attached hydrogens (tertiary/aromatic N) is 2. The number of benzene rings is 1. The van der Waals surface area contributed by atoms with E-state index in [0.717, 1.165) is 5.56 Å². The Morgan fingerprint density at radius 2 is 1.86 bits per heavy atom. The average Bonchev–Trinajstić information content (AvgIpc) is 2.55. The van der Waals surface area contributed by atoms with Gasteiger partial charge >= 0.3 is 5.97 Å². The first-order chi connectivity index (χ1) is 10.7. The molecule has 5 heteroatoms. The standard InChI is InChI=1S/C17H22N2O3/c1-22-17(21)11-6-5-10-16(20)19(13-7-12-18)14-15-8-3-2-4-9-15/h2-4,8-9H,5-7,10-11,13-14H2,1H3. The van der Waals surface area contributed by atoms with Crippen LogP contribution in [0.3, 0.4) is 0 Å². The highest BCUT2D eigenvalue weighted by Crippen LogP contribution is 2.10. The first kappa shape index (κ1) is 17.7. The molecule has 0 N–H and O–H groups in total. The molecule has 0 aromatic heterocycles. The minimum absolute atomic E-state index is 0.0176. The number of hydrogen-bond acceptors (Lipinski definition) is 4. The zero-order chi connectivity index (χ0) is 16.2. The van der Waals surface area contributed by atoms with Gasteiger partial charge in [0.1, 0.15) is 0 Å². The number of carbonyl (C=O) groups excluding carboxylic acids is 2. The molecule has 0 fully saturated rings. The summed E-state index contributed by atoms with van der Waals surface area (Å²) in [5, 5.41) is 8.73. The number of methoxy groups -OCH3 is 1. The van der Waals surface area contributed by atoms with Gasteiger partial charge < -0.3 is 9.64 Å². The van der Waals surface area contributed by atoms with Crippen molar-refractivity contribution in [3.05, 3.63) is 35.9 Å². The van der Waals surface area contributed by atoms with Gasteiger partial charge in [-0.05, 0) is 18.4 Å². The Balaban J connectivity index is 2.46. The van der Waals surface area contributed by atoms with Crippen LogP contribution in [0.2, 0.25) is 0 Å². The van der Waals surface area contributed by atoms with Gasteiger partial charge in [0.05, 0.1) is 19.6 Å². The van der Waals surface area contributed by atoms with Crippen molar-refractivity contribution in [2.24, 2.45) is 0 Å². The van der Waals surface area contributed by atoms with Gasteiger partial charge in [-0.15, -0.1) is 0 Å². The molecule has 0 saturated carbocycles. The Morgan fingerprint density at radius 1 is 1.18 bits per heavy atom. The lowest BCUT2D eigenvalue weighted by atomic mass is 10.1. The fraction of sp³-hybridized carbons (Fsp3) is 0.471. The molecule has 5 nitrogen and oxygen atoms in total. The lowest BCUT2D eigenvalue weighted by Crippen LogP contribution is -2.31. The van der Waals surface area contributed by atoms with Crippen LogP contribution in [0.25, 0.3) is 0 Å². The lowest BCUT2D eigenvalue weighted by molar-refractivity contribution is -0.141. The Bertz CT molecular complexity index is 508. The fourth-order valence-electron chi connectivity index (χ4n) is 2.09. The zero-order valence-corrected chi connectivity index (χ0v) is 13.0. The molecule has 0 heterocycles. The van der Waals surface area contributed by atoms with Crippen molar-refractivity contribution in [2.45, 2.75) is 38.6 Å². The summed E-state index contributed by atoms with van der Waals surface area (Å²) in [6.07, 6.45) is 2.32. The third-order valence-corrected chi connectivity index (χ3v) is 3.31. The summed E-state index contributed by atoms with van der Waals surface area (Å²) < 4.78 is 4.57. The first-order valence-corrected chi connectivity index (χ1v) is 7.43. The van der Waals surface area contributed by atoms with Gasteiger partial charge in [0.25, 0.3) is 0 Å². The topological polar surface area (TPSA) is 70.4 Å². The van der Waals surface area contributed by atoms with Gasteiger partial charge in [-0.1, -0.05) is 30.3 Å². The van der Waals surface area contributed by atoms with Crippen LogP contribution in [0.4, 0.5) is 0 Å². The summed E-state index contributed by atoms with van der Waals surface area (Å²) in [4.78, 5) is 25.0. The summed E-state index contributed by atoms with van der Waals surface area (Å²) in [5.74, 6) is -0.234. The Morgan fingerprint density at radius 3 is 2.50 bits per heavy atom. The van der Waals surface area contributed by atoms with Crippen molar-refractivity contribution in [1.82, 2.24) is 4.90 Å². The van der Waals surface area contributed by atoms with Gasteiger partial charge in [0.15, 0.2) is 0 Å². The van der Waals surface area contributed by atoms with Crippen molar-refractivity contribution >= 4 is 11.9 Å². The molecule has 118 valence electrons. The summed E-state index contributed by atoms with van der Waals surface area (Å²) in [6.45, 7) is 0.944. The SMILES string of the molecule is COC(=O)CCCCC(=O)N(CCC#N)Cc1ccccc1. The van der Waals surface area contributed by atoms with Gasteiger partial charge in [-0.2, -0.15) is 5.26 Å². The highest BCUT2D eigenvalue weighted by Gasteiger charge is 2.13. The molecule has 0 atom stereocenters. The van der Waals surface area contributed by atoms with Crippen LogP contribution in [0.5, 0.6) is 0 Å². The van der Waals surface area contributed by atoms with E-state index in [2.05, 4.69) is 10.8 Å². The van der Waals surface area contributed by atoms with E-state index >= 15 is 0 Å². The predicted octanol–water partition coefficient (Wildman–Crippen LogP) is 2.66. The molecular formula is C17H22N2O3. The molecule has 0 aliphatic heterocycles. The maximum Gasteiger partial charge on any atom is 0.305 e. The van der Waals surface area contributed by atoms with Gasteiger partial charge in [-0.3, -0.25) is 9.59 Å². The van der Waals surface area contributed by atoms with Gasteiger partial charge in [0.2, 0.25) is 5.91 Å². The second-order valence-electron chi connectivity index (χ2n) is 4.99. The molecule has 22 heavy (non-hydrogen) atoms. The molecule has 0 radical (unpaired) electrons. The monoisotopic (exact) mass is 302 g/mol. The maximum absolute atomic E-state index is 12.3. The molecule has 1 rings (SSSR count). The minimum Gasteiger partial charge on any atom is -0.469 e. The Labute approximate surface area is 131 Å². The van der Waals surface area contributed by atoms with Gasteiger partial charge in [-0.25, -0.2) is 0 Å². The van der Waals surface area contributed by atoms with Crippen LogP contribution in [0, 0.1) is 11.3 Å². The van der Waals surface area contributed by atoms with E-state index in [1.54, 1.807) is 4.90 Å². The number of nitriles is 1. The number of esters is 1. The smallest absolute Gasteiger partial charge is 0.305 e. The zero-order valence-electron chi connectivity index (χ0n) is 13.0. The molecule has 1 aromatic rings. The summed E-state index contributed by atoms with van der Waals surface area (Å²) in [7, 11) is 1.36. The quantitative estimate of drug-likeness (QED) is 0.519. The van der Waals surface area contributed by atoms with E-state index in [9.17, 15) is 9.59 Å². The van der Waals surface area contributed by atoms with Crippen LogP contribution in [0.1, 0.15) is 37.7 Å². The Hall–Kier alpha value is -2.35. The van der Waals surface area contributed by atoms with E-state index in [1.165, 1.54) is 7.11 Å². The van der Waals surface area contributed by atoms with Crippen LogP contribution >= 0.6 is 0 Å². The summed E-state index contributed by atoms with van der Waals surface area (Å²) in [5.41, 5.74) is 1.04. The molecule has 0 saturated heterocycles. The molecule has 0 bridgehead atoms. The van der Waals surface area contributed by atoms with Crippen LogP contribution in [-0.2, 0) is 20.9 Å². The molecule has 0 spiro atoms.